The summed E-state index contributed by atoms with van der Waals surface area (Å²) in [5.74, 6) is 1.59. The molecule has 0 aromatic carbocycles. The molecule has 0 amide bonds. The molecule has 7 heteroatoms. The number of hydrogen-bond acceptors (Lipinski definition) is 5. The minimum absolute atomic E-state index is 0.255. The quantitative estimate of drug-likeness (QED) is 0.911. The number of aromatic nitrogens is 3. The van der Waals surface area contributed by atoms with Crippen LogP contribution in [0, 0.1) is 0 Å². The molecule has 2 aromatic rings. The van der Waals surface area contributed by atoms with Crippen molar-refractivity contribution in [2.24, 2.45) is 0 Å². The molecule has 108 valence electrons. The second kappa shape index (κ2) is 4.73. The van der Waals surface area contributed by atoms with Crippen LogP contribution in [0.1, 0.15) is 30.3 Å². The average Bonchev–Trinajstić information content (AvgIpc) is 2.80. The number of pyridine rings is 1. The van der Waals surface area contributed by atoms with Crippen molar-refractivity contribution in [3.05, 3.63) is 18.0 Å². The Labute approximate surface area is 118 Å². The number of anilines is 1. The predicted octanol–water partition coefficient (Wildman–Crippen LogP) is 1.66. The lowest BCUT2D eigenvalue weighted by Gasteiger charge is -2.19. The first-order chi connectivity index (χ1) is 9.47. The van der Waals surface area contributed by atoms with Gasteiger partial charge in [0.15, 0.2) is 15.5 Å². The van der Waals surface area contributed by atoms with Crippen LogP contribution >= 0.6 is 0 Å². The number of imidazole rings is 1. The van der Waals surface area contributed by atoms with Gasteiger partial charge in [0.25, 0.3) is 0 Å². The zero-order valence-corrected chi connectivity index (χ0v) is 12.4. The molecule has 6 nitrogen and oxygen atoms in total. The van der Waals surface area contributed by atoms with Crippen LogP contribution in [0.2, 0.25) is 0 Å². The highest BCUT2D eigenvalue weighted by atomic mass is 32.2. The van der Waals surface area contributed by atoms with Gasteiger partial charge in [-0.05, 0) is 25.0 Å². The second-order valence-electron chi connectivity index (χ2n) is 5.41. The number of aromatic amines is 1. The molecule has 0 bridgehead atoms. The Balaban J connectivity index is 2.04. The van der Waals surface area contributed by atoms with Crippen molar-refractivity contribution in [1.82, 2.24) is 15.0 Å². The molecule has 3 rings (SSSR count). The predicted molar refractivity (Wildman–Crippen MR) is 78.6 cm³/mol. The molecule has 1 aliphatic heterocycles. The SMILES string of the molecule is CN(C)c1ccc2[nH]c(C3CCCCS3(=O)=O)nc2n1. The first-order valence-electron chi connectivity index (χ1n) is 6.73. The lowest BCUT2D eigenvalue weighted by Crippen LogP contribution is -2.22. The molecule has 0 radical (unpaired) electrons. The van der Waals surface area contributed by atoms with Crippen molar-refractivity contribution >= 4 is 26.8 Å². The van der Waals surface area contributed by atoms with Crippen LogP contribution in [0.5, 0.6) is 0 Å². The van der Waals surface area contributed by atoms with Crippen LogP contribution in [-0.4, -0.2) is 43.2 Å². The number of nitrogens with one attached hydrogen (secondary N) is 1. The second-order valence-corrected chi connectivity index (χ2v) is 7.71. The van der Waals surface area contributed by atoms with E-state index in [0.29, 0.717) is 17.9 Å². The molecule has 20 heavy (non-hydrogen) atoms. The van der Waals surface area contributed by atoms with Gasteiger partial charge in [0.05, 0.1) is 11.3 Å². The molecule has 1 unspecified atom stereocenters. The highest BCUT2D eigenvalue weighted by Gasteiger charge is 2.32. The number of nitrogens with zero attached hydrogens (tertiary/aromatic N) is 3. The molecule has 3 heterocycles. The van der Waals surface area contributed by atoms with Crippen molar-refractivity contribution < 1.29 is 8.42 Å². The summed E-state index contributed by atoms with van der Waals surface area (Å²) in [6.07, 6.45) is 2.32. The number of H-pyrrole nitrogens is 1. The van der Waals surface area contributed by atoms with Crippen molar-refractivity contribution in [2.75, 3.05) is 24.7 Å². The number of rotatable bonds is 2. The van der Waals surface area contributed by atoms with Gasteiger partial charge >= 0.3 is 0 Å². The van der Waals surface area contributed by atoms with Crippen LogP contribution < -0.4 is 4.90 Å². The minimum Gasteiger partial charge on any atom is -0.363 e. The van der Waals surface area contributed by atoms with Crippen LogP contribution in [0.3, 0.4) is 0 Å². The fraction of sp³-hybridized carbons (Fsp3) is 0.538. The molecule has 1 saturated heterocycles. The Morgan fingerprint density at radius 2 is 2.05 bits per heavy atom. The van der Waals surface area contributed by atoms with Crippen LogP contribution in [0.25, 0.3) is 11.2 Å². The summed E-state index contributed by atoms with van der Waals surface area (Å²) < 4.78 is 24.3. The van der Waals surface area contributed by atoms with Gasteiger partial charge in [-0.15, -0.1) is 0 Å². The topological polar surface area (TPSA) is 79.0 Å². The summed E-state index contributed by atoms with van der Waals surface area (Å²) >= 11 is 0. The maximum atomic E-state index is 12.1. The fourth-order valence-electron chi connectivity index (χ4n) is 2.56. The molecule has 1 atom stereocenters. The molecule has 0 saturated carbocycles. The van der Waals surface area contributed by atoms with E-state index in [4.69, 9.17) is 0 Å². The standard InChI is InChI=1S/C13H18N4O2S/c1-17(2)11-7-6-9-12(15-11)16-13(14-9)10-5-3-4-8-20(10,18)19/h6-7,10H,3-5,8H2,1-2H3,(H,14,15,16). The third kappa shape index (κ3) is 2.26. The molecule has 1 aliphatic rings. The summed E-state index contributed by atoms with van der Waals surface area (Å²) in [7, 11) is 0.737. The largest absolute Gasteiger partial charge is 0.363 e. The zero-order chi connectivity index (χ0) is 14.3. The Bertz CT molecular complexity index is 736. The molecule has 0 aliphatic carbocycles. The van der Waals surface area contributed by atoms with Gasteiger partial charge in [-0.3, -0.25) is 0 Å². The first-order valence-corrected chi connectivity index (χ1v) is 8.44. The minimum atomic E-state index is -3.08. The van der Waals surface area contributed by atoms with Crippen molar-refractivity contribution in [3.8, 4) is 0 Å². The van der Waals surface area contributed by atoms with E-state index in [1.807, 2.05) is 31.1 Å². The number of sulfone groups is 1. The summed E-state index contributed by atoms with van der Waals surface area (Å²) in [6, 6.07) is 3.78. The van der Waals surface area contributed by atoms with Crippen molar-refractivity contribution in [1.29, 1.82) is 0 Å². The van der Waals surface area contributed by atoms with Gasteiger partial charge in [0, 0.05) is 14.1 Å². The van der Waals surface area contributed by atoms with E-state index < -0.39 is 15.1 Å². The summed E-state index contributed by atoms with van der Waals surface area (Å²) in [5, 5.41) is -0.506. The average molecular weight is 294 g/mol. The van der Waals surface area contributed by atoms with Gasteiger partial charge in [0.1, 0.15) is 16.9 Å². The first kappa shape index (κ1) is 13.4. The third-order valence-corrected chi connectivity index (χ3v) is 5.88. The third-order valence-electron chi connectivity index (χ3n) is 3.69. The van der Waals surface area contributed by atoms with E-state index in [1.165, 1.54) is 0 Å². The van der Waals surface area contributed by atoms with Gasteiger partial charge in [-0.1, -0.05) is 6.42 Å². The highest BCUT2D eigenvalue weighted by molar-refractivity contribution is 7.91. The van der Waals surface area contributed by atoms with Gasteiger partial charge < -0.3 is 9.88 Å². The van der Waals surface area contributed by atoms with Gasteiger partial charge in [-0.25, -0.2) is 18.4 Å². The fourth-order valence-corrected chi connectivity index (χ4v) is 4.43. The van der Waals surface area contributed by atoms with Crippen molar-refractivity contribution in [3.63, 3.8) is 0 Å². The summed E-state index contributed by atoms with van der Waals surface area (Å²) in [4.78, 5) is 13.8. The van der Waals surface area contributed by atoms with E-state index >= 15 is 0 Å². The lowest BCUT2D eigenvalue weighted by molar-refractivity contribution is 0.540. The van der Waals surface area contributed by atoms with E-state index in [2.05, 4.69) is 15.0 Å². The monoisotopic (exact) mass is 294 g/mol. The highest BCUT2D eigenvalue weighted by Crippen LogP contribution is 2.32. The van der Waals surface area contributed by atoms with Crippen LogP contribution in [0.15, 0.2) is 12.1 Å². The van der Waals surface area contributed by atoms with E-state index in [9.17, 15) is 8.42 Å². The number of fused-ring (bicyclic) bond motifs is 1. The Kier molecular flexibility index (Phi) is 3.16. The Hall–Kier alpha value is -1.63. The zero-order valence-electron chi connectivity index (χ0n) is 11.6. The smallest absolute Gasteiger partial charge is 0.179 e. The number of hydrogen-bond donors (Lipinski definition) is 1. The van der Waals surface area contributed by atoms with E-state index in [-0.39, 0.29) is 5.75 Å². The van der Waals surface area contributed by atoms with Gasteiger partial charge in [0.2, 0.25) is 0 Å². The van der Waals surface area contributed by atoms with E-state index in [0.717, 1.165) is 24.2 Å². The molecule has 2 aromatic heterocycles. The maximum Gasteiger partial charge on any atom is 0.179 e. The van der Waals surface area contributed by atoms with Crippen LogP contribution in [-0.2, 0) is 9.84 Å². The molecule has 0 spiro atoms. The molecular weight excluding hydrogens is 276 g/mol. The Morgan fingerprint density at radius 1 is 1.25 bits per heavy atom. The normalized spacial score (nSPS) is 22.0. The van der Waals surface area contributed by atoms with Crippen molar-refractivity contribution in [2.45, 2.75) is 24.5 Å². The van der Waals surface area contributed by atoms with Gasteiger partial charge in [-0.2, -0.15) is 0 Å². The maximum absolute atomic E-state index is 12.1. The molecular formula is C13H18N4O2S. The summed E-state index contributed by atoms with van der Waals surface area (Å²) in [5.41, 5.74) is 1.36. The lowest BCUT2D eigenvalue weighted by atomic mass is 10.2. The molecule has 1 fully saturated rings. The van der Waals surface area contributed by atoms with E-state index in [1.54, 1.807) is 0 Å². The molecule has 1 N–H and O–H groups in total. The summed E-state index contributed by atoms with van der Waals surface area (Å²) in [6.45, 7) is 0. The van der Waals surface area contributed by atoms with Crippen LogP contribution in [0.4, 0.5) is 5.82 Å². The Morgan fingerprint density at radius 3 is 2.75 bits per heavy atom.